The molecule has 0 bridgehead atoms. The first-order chi connectivity index (χ1) is 11.6. The highest BCUT2D eigenvalue weighted by atomic mass is 16.6. The Hall–Kier alpha value is -2.48. The molecule has 0 radical (unpaired) electrons. The summed E-state index contributed by atoms with van der Waals surface area (Å²) in [6.45, 7) is 7.55. The molecule has 0 spiro atoms. The van der Waals surface area contributed by atoms with Gasteiger partial charge in [-0.25, -0.2) is 0 Å². The number of aromatic nitrogens is 2. The van der Waals surface area contributed by atoms with E-state index in [0.29, 0.717) is 5.89 Å². The second kappa shape index (κ2) is 6.96. The molecule has 0 unspecified atom stereocenters. The first-order valence-corrected chi connectivity index (χ1v) is 8.14. The highest BCUT2D eigenvalue weighted by molar-refractivity contribution is 5.51. The first kappa shape index (κ1) is 16.4. The number of benzene rings is 1. The van der Waals surface area contributed by atoms with E-state index in [9.17, 15) is 10.1 Å². The van der Waals surface area contributed by atoms with E-state index in [1.54, 1.807) is 12.1 Å². The fraction of sp³-hybridized carbons (Fsp3) is 0.500. The van der Waals surface area contributed by atoms with Crippen LogP contribution in [0.1, 0.15) is 31.6 Å². The highest BCUT2D eigenvalue weighted by Gasteiger charge is 2.25. The van der Waals surface area contributed by atoms with Gasteiger partial charge in [0.05, 0.1) is 11.0 Å². The van der Waals surface area contributed by atoms with E-state index >= 15 is 0 Å². The molecule has 1 aliphatic heterocycles. The Morgan fingerprint density at radius 3 is 2.46 bits per heavy atom. The molecule has 1 fully saturated rings. The predicted octanol–water partition coefficient (Wildman–Crippen LogP) is 2.42. The Kier molecular flexibility index (Phi) is 4.75. The number of hydrogen-bond acceptors (Lipinski definition) is 7. The Morgan fingerprint density at radius 1 is 1.25 bits per heavy atom. The van der Waals surface area contributed by atoms with E-state index < -0.39 is 0 Å². The fourth-order valence-corrected chi connectivity index (χ4v) is 2.89. The minimum absolute atomic E-state index is 0.0943. The third-order valence-corrected chi connectivity index (χ3v) is 4.45. The van der Waals surface area contributed by atoms with Crippen LogP contribution in [-0.4, -0.2) is 46.1 Å². The highest BCUT2D eigenvalue weighted by Crippen LogP contribution is 2.24. The van der Waals surface area contributed by atoms with E-state index in [4.69, 9.17) is 4.52 Å². The van der Waals surface area contributed by atoms with E-state index in [1.165, 1.54) is 0 Å². The van der Waals surface area contributed by atoms with Crippen molar-refractivity contribution >= 4 is 11.4 Å². The van der Waals surface area contributed by atoms with Crippen LogP contribution in [0.25, 0.3) is 0 Å². The molecule has 0 N–H and O–H groups in total. The number of hydrogen-bond donors (Lipinski definition) is 0. The van der Waals surface area contributed by atoms with Crippen molar-refractivity contribution in [2.75, 3.05) is 31.1 Å². The van der Waals surface area contributed by atoms with E-state index in [1.807, 2.05) is 19.1 Å². The molecular formula is C16H21N5O3. The first-order valence-electron chi connectivity index (χ1n) is 8.14. The third kappa shape index (κ3) is 3.38. The molecule has 24 heavy (non-hydrogen) atoms. The van der Waals surface area contributed by atoms with Crippen LogP contribution in [0.4, 0.5) is 11.4 Å². The Labute approximate surface area is 140 Å². The maximum absolute atomic E-state index is 10.7. The van der Waals surface area contributed by atoms with Gasteiger partial charge in [-0.2, -0.15) is 4.98 Å². The van der Waals surface area contributed by atoms with Crippen LogP contribution in [0.3, 0.4) is 0 Å². The summed E-state index contributed by atoms with van der Waals surface area (Å²) in [5, 5.41) is 14.7. The van der Waals surface area contributed by atoms with Gasteiger partial charge in [0, 0.05) is 50.4 Å². The van der Waals surface area contributed by atoms with Crippen LogP contribution in [0, 0.1) is 10.1 Å². The average molecular weight is 331 g/mol. The van der Waals surface area contributed by atoms with Gasteiger partial charge in [0.1, 0.15) is 0 Å². The summed E-state index contributed by atoms with van der Waals surface area (Å²) in [6, 6.07) is 6.81. The summed E-state index contributed by atoms with van der Waals surface area (Å²) in [5.74, 6) is 1.40. The predicted molar refractivity (Wildman–Crippen MR) is 89.0 cm³/mol. The summed E-state index contributed by atoms with van der Waals surface area (Å²) < 4.78 is 5.34. The molecule has 0 amide bonds. The van der Waals surface area contributed by atoms with Gasteiger partial charge in [-0.3, -0.25) is 15.0 Å². The average Bonchev–Trinajstić information content (AvgIpc) is 3.10. The summed E-state index contributed by atoms with van der Waals surface area (Å²) in [4.78, 5) is 19.3. The van der Waals surface area contributed by atoms with Crippen molar-refractivity contribution in [2.45, 2.75) is 26.3 Å². The monoisotopic (exact) mass is 331 g/mol. The van der Waals surface area contributed by atoms with Crippen molar-refractivity contribution in [3.05, 3.63) is 46.1 Å². The molecule has 2 heterocycles. The van der Waals surface area contributed by atoms with Crippen molar-refractivity contribution < 1.29 is 9.45 Å². The molecular weight excluding hydrogens is 310 g/mol. The Bertz CT molecular complexity index is 692. The van der Waals surface area contributed by atoms with Gasteiger partial charge >= 0.3 is 0 Å². The van der Waals surface area contributed by atoms with Crippen LogP contribution in [0.15, 0.2) is 28.8 Å². The SMILES string of the molecule is CCc1noc([C@@H](C)N2CCN(c3ccc([N+](=O)[O-])cc3)CC2)n1. The third-order valence-electron chi connectivity index (χ3n) is 4.45. The topological polar surface area (TPSA) is 88.5 Å². The van der Waals surface area contributed by atoms with Crippen molar-refractivity contribution in [1.82, 2.24) is 15.0 Å². The zero-order chi connectivity index (χ0) is 17.1. The van der Waals surface area contributed by atoms with Crippen LogP contribution in [-0.2, 0) is 6.42 Å². The molecule has 8 heteroatoms. The lowest BCUT2D eigenvalue weighted by Crippen LogP contribution is -2.47. The van der Waals surface area contributed by atoms with Crippen molar-refractivity contribution in [3.63, 3.8) is 0 Å². The smallest absolute Gasteiger partial charge is 0.269 e. The minimum Gasteiger partial charge on any atom is -0.369 e. The van der Waals surface area contributed by atoms with Crippen LogP contribution in [0.2, 0.25) is 0 Å². The number of rotatable bonds is 5. The zero-order valence-corrected chi connectivity index (χ0v) is 13.9. The van der Waals surface area contributed by atoms with Gasteiger partial charge in [-0.1, -0.05) is 12.1 Å². The second-order valence-corrected chi connectivity index (χ2v) is 5.87. The van der Waals surface area contributed by atoms with E-state index in [-0.39, 0.29) is 16.7 Å². The number of aryl methyl sites for hydroxylation is 1. The van der Waals surface area contributed by atoms with Gasteiger partial charge in [-0.15, -0.1) is 0 Å². The standard InChI is InChI=1S/C16H21N5O3/c1-3-15-17-16(24-18-15)12(2)19-8-10-20(11-9-19)13-4-6-14(7-5-13)21(22)23/h4-7,12H,3,8-11H2,1-2H3/t12-/m1/s1. The van der Waals surface area contributed by atoms with Gasteiger partial charge in [0.25, 0.3) is 5.69 Å². The lowest BCUT2D eigenvalue weighted by Gasteiger charge is -2.38. The summed E-state index contributed by atoms with van der Waals surface area (Å²) >= 11 is 0. The molecule has 8 nitrogen and oxygen atoms in total. The maximum Gasteiger partial charge on any atom is 0.269 e. The van der Waals surface area contributed by atoms with Crippen molar-refractivity contribution in [2.24, 2.45) is 0 Å². The Morgan fingerprint density at radius 2 is 1.92 bits per heavy atom. The fourth-order valence-electron chi connectivity index (χ4n) is 2.89. The lowest BCUT2D eigenvalue weighted by atomic mass is 10.2. The van der Waals surface area contributed by atoms with Crippen LogP contribution < -0.4 is 4.90 Å². The summed E-state index contributed by atoms with van der Waals surface area (Å²) in [7, 11) is 0. The minimum atomic E-state index is -0.377. The largest absolute Gasteiger partial charge is 0.369 e. The number of piperazine rings is 1. The zero-order valence-electron chi connectivity index (χ0n) is 13.9. The van der Waals surface area contributed by atoms with Gasteiger partial charge in [-0.05, 0) is 19.1 Å². The van der Waals surface area contributed by atoms with Gasteiger partial charge < -0.3 is 9.42 Å². The van der Waals surface area contributed by atoms with Gasteiger partial charge in [0.2, 0.25) is 5.89 Å². The molecule has 128 valence electrons. The molecule has 2 aromatic rings. The molecule has 0 saturated carbocycles. The number of nitrogens with zero attached hydrogens (tertiary/aromatic N) is 5. The quantitative estimate of drug-likeness (QED) is 0.614. The van der Waals surface area contributed by atoms with E-state index in [0.717, 1.165) is 44.1 Å². The Balaban J connectivity index is 1.59. The second-order valence-electron chi connectivity index (χ2n) is 5.87. The molecule has 1 aliphatic rings. The molecule has 1 atom stereocenters. The number of non-ortho nitro benzene ring substituents is 1. The number of anilines is 1. The molecule has 1 aromatic carbocycles. The van der Waals surface area contributed by atoms with Crippen molar-refractivity contribution in [1.29, 1.82) is 0 Å². The molecule has 0 aliphatic carbocycles. The van der Waals surface area contributed by atoms with E-state index in [2.05, 4.69) is 26.9 Å². The summed E-state index contributed by atoms with van der Waals surface area (Å²) in [5.41, 5.74) is 1.13. The maximum atomic E-state index is 10.7. The van der Waals surface area contributed by atoms with Crippen LogP contribution in [0.5, 0.6) is 0 Å². The lowest BCUT2D eigenvalue weighted by molar-refractivity contribution is -0.384. The molecule has 1 saturated heterocycles. The molecule has 3 rings (SSSR count). The molecule has 1 aromatic heterocycles. The number of nitro groups is 1. The van der Waals surface area contributed by atoms with Crippen LogP contribution >= 0.6 is 0 Å². The summed E-state index contributed by atoms with van der Waals surface area (Å²) in [6.07, 6.45) is 0.768. The normalized spacial score (nSPS) is 17.0. The number of nitro benzene ring substituents is 1. The van der Waals surface area contributed by atoms with Gasteiger partial charge in [0.15, 0.2) is 5.82 Å². The van der Waals surface area contributed by atoms with Crippen molar-refractivity contribution in [3.8, 4) is 0 Å².